The maximum atomic E-state index is 14.2. The van der Waals surface area contributed by atoms with E-state index in [9.17, 15) is 43.3 Å². The molecular weight excluding hydrogens is 1610 g/mol. The van der Waals surface area contributed by atoms with Gasteiger partial charge in [-0.25, -0.2) is 8.78 Å². The first-order chi connectivity index (χ1) is 60.8. The topological polar surface area (TPSA) is 297 Å². The molecule has 4 amide bonds. The van der Waals surface area contributed by atoms with Gasteiger partial charge in [-0.05, 0) is 326 Å². The van der Waals surface area contributed by atoms with Crippen molar-refractivity contribution in [2.75, 3.05) is 56.3 Å². The number of amides is 4. The Morgan fingerprint density at radius 1 is 0.413 bits per heavy atom. The van der Waals surface area contributed by atoms with Crippen LogP contribution >= 0.6 is 0 Å². The smallest absolute Gasteiger partial charge is 0.224 e. The fourth-order valence-electron chi connectivity index (χ4n) is 15.5. The summed E-state index contributed by atoms with van der Waals surface area (Å²) < 4.78 is 81.5. The van der Waals surface area contributed by atoms with Crippen LogP contribution in [0.1, 0.15) is 163 Å². The number of aromatic nitrogens is 1. The van der Waals surface area contributed by atoms with Crippen molar-refractivity contribution in [2.24, 2.45) is 5.92 Å². The number of carbonyl (C=O) groups excluding carboxylic acids is 4. The number of benzene rings is 7. The van der Waals surface area contributed by atoms with Crippen molar-refractivity contribution < 1.29 is 89.7 Å². The molecule has 0 saturated carbocycles. The van der Waals surface area contributed by atoms with Crippen LogP contribution in [0.25, 0.3) is 68.9 Å². The summed E-state index contributed by atoms with van der Waals surface area (Å²) in [5.41, 5.74) is 22.4. The minimum absolute atomic E-state index is 0.0329. The number of rotatable bonds is 29. The molecule has 11 aromatic rings. The van der Waals surface area contributed by atoms with Gasteiger partial charge in [0, 0.05) is 18.4 Å². The SMILES string of the molecule is CC1=C(CC(=O)NCCC(C)C)c2cc(F)ccc2/C1=C\c1ccco1.COc1cc(/C=C2/C(C)=C(CC(=O)NCc3ccco3)c3cc(F)ccc32)cc(OC)c1CO.COc1ccc2c(c1)C(CC(=O)NCc1ccc[nH]1)=C(C)/C2=C/c1cc(OC)c(O)c(OC)c1.COc1ccc2c(c1)C(CC(=O)NCc1ccco1)=C(C)/C2=C/c1ccc(OC)c(O)c1. The number of allylic oxidation sites excluding steroid dienone is 8. The molecule has 4 aliphatic rings. The average Bonchev–Trinajstić information content (AvgIpc) is 1.62. The number of methoxy groups -OCH3 is 7. The Bertz CT molecular complexity index is 6030. The highest BCUT2D eigenvalue weighted by Gasteiger charge is 2.32. The van der Waals surface area contributed by atoms with Gasteiger partial charge in [-0.3, -0.25) is 19.2 Å². The number of hydrogen-bond donors (Lipinski definition) is 8. The van der Waals surface area contributed by atoms with Crippen LogP contribution in [-0.2, 0) is 45.4 Å². The van der Waals surface area contributed by atoms with Gasteiger partial charge < -0.3 is 88.0 Å². The van der Waals surface area contributed by atoms with E-state index in [1.165, 1.54) is 59.8 Å². The second-order valence-electron chi connectivity index (χ2n) is 30.6. The monoisotopic (exact) mass is 1710 g/mol. The van der Waals surface area contributed by atoms with Crippen molar-refractivity contribution >= 4 is 92.5 Å². The van der Waals surface area contributed by atoms with Gasteiger partial charge in [0.15, 0.2) is 23.0 Å². The van der Waals surface area contributed by atoms with Gasteiger partial charge in [0.2, 0.25) is 29.4 Å². The molecule has 0 saturated heterocycles. The second kappa shape index (κ2) is 42.0. The van der Waals surface area contributed by atoms with Crippen LogP contribution in [0.5, 0.6) is 51.7 Å². The number of phenolic OH excluding ortho intramolecular Hbond substituents is 2. The van der Waals surface area contributed by atoms with Gasteiger partial charge >= 0.3 is 0 Å². The van der Waals surface area contributed by atoms with E-state index in [4.69, 9.17) is 46.4 Å². The Labute approximate surface area is 730 Å². The minimum atomic E-state index is -0.364. The van der Waals surface area contributed by atoms with E-state index < -0.39 is 0 Å². The summed E-state index contributed by atoms with van der Waals surface area (Å²) >= 11 is 0. The van der Waals surface area contributed by atoms with Crippen LogP contribution in [0.2, 0.25) is 0 Å². The molecule has 8 N–H and O–H groups in total. The fourth-order valence-corrected chi connectivity index (χ4v) is 15.5. The third-order valence-corrected chi connectivity index (χ3v) is 22.2. The van der Waals surface area contributed by atoms with E-state index in [1.807, 2.05) is 143 Å². The molecule has 0 spiro atoms. The normalized spacial score (nSPS) is 14.1. The molecule has 15 rings (SSSR count). The number of hydrogen-bond acceptors (Lipinski definition) is 17. The van der Waals surface area contributed by atoms with Gasteiger partial charge in [0.25, 0.3) is 0 Å². The van der Waals surface area contributed by atoms with Crippen LogP contribution in [0, 0.1) is 17.6 Å². The lowest BCUT2D eigenvalue weighted by molar-refractivity contribution is -0.121. The summed E-state index contributed by atoms with van der Waals surface area (Å²) in [5, 5.41) is 41.8. The van der Waals surface area contributed by atoms with Gasteiger partial charge in [0.05, 0.1) is 126 Å². The molecule has 24 heteroatoms. The molecule has 126 heavy (non-hydrogen) atoms. The zero-order valence-electron chi connectivity index (χ0n) is 72.7. The minimum Gasteiger partial charge on any atom is -0.504 e. The summed E-state index contributed by atoms with van der Waals surface area (Å²) in [5.74, 6) is 5.18. The number of furan rings is 3. The van der Waals surface area contributed by atoms with E-state index in [2.05, 4.69) is 40.1 Å². The zero-order valence-corrected chi connectivity index (χ0v) is 72.7. The molecule has 22 nitrogen and oxygen atoms in total. The van der Waals surface area contributed by atoms with Gasteiger partial charge in [0.1, 0.15) is 51.9 Å². The molecule has 0 unspecified atom stereocenters. The lowest BCUT2D eigenvalue weighted by Crippen LogP contribution is -2.25. The first-order valence-corrected chi connectivity index (χ1v) is 41.0. The third-order valence-electron chi connectivity index (χ3n) is 22.2. The van der Waals surface area contributed by atoms with E-state index in [-0.39, 0.29) is 85.6 Å². The highest BCUT2D eigenvalue weighted by Crippen LogP contribution is 2.50. The molecule has 4 aliphatic carbocycles. The summed E-state index contributed by atoms with van der Waals surface area (Å²) in [7, 11) is 10.8. The van der Waals surface area contributed by atoms with E-state index in [1.54, 1.807) is 87.6 Å². The van der Waals surface area contributed by atoms with Crippen LogP contribution in [0.4, 0.5) is 8.78 Å². The number of nitrogens with one attached hydrogen (secondary N) is 5. The Morgan fingerprint density at radius 3 is 1.21 bits per heavy atom. The molecule has 0 aliphatic heterocycles. The number of aromatic amines is 1. The quantitative estimate of drug-likeness (QED) is 0.0216. The van der Waals surface area contributed by atoms with Gasteiger partial charge in [-0.2, -0.15) is 0 Å². The Balaban J connectivity index is 0.000000154. The number of aromatic hydroxyl groups is 2. The first-order valence-electron chi connectivity index (χ1n) is 41.0. The van der Waals surface area contributed by atoms with Crippen molar-refractivity contribution in [3.8, 4) is 51.7 Å². The van der Waals surface area contributed by atoms with Crippen molar-refractivity contribution in [1.82, 2.24) is 26.3 Å². The molecule has 0 atom stereocenters. The summed E-state index contributed by atoms with van der Waals surface area (Å²) in [6.45, 7) is 13.7. The second-order valence-corrected chi connectivity index (χ2v) is 30.6. The molecule has 7 aromatic carbocycles. The zero-order chi connectivity index (χ0) is 89.8. The lowest BCUT2D eigenvalue weighted by atomic mass is 9.99. The maximum absolute atomic E-state index is 14.2. The standard InChI is InChI=1S/C27H26FNO5.C27H28N2O5.C26H25NO5.C22H24FNO2/c1-16-21(9-17-10-25(32-2)24(15-30)26(11-17)33-3)20-7-6-18(28)12-23(20)22(16)13-27(31)29-14-19-5-4-8-34-19;1-16-21(10-17-11-24(33-3)27(31)25(12-17)34-4)20-8-7-19(32-2)13-23(20)22(16)14-26(30)29-15-18-6-5-9-28-18;1-16-21(11-17-6-9-25(31-3)24(28)12-17)20-8-7-18(30-2)13-23(20)22(16)14-26(29)27-15-19-5-4-10-32-19;1-14(2)8-9-24-22(25)13-20-15(3)19(12-17-5-4-10-26-17)18-7-6-16(23)11-21(18)20/h4-12,30H,13-15H2,1-3H3,(H,29,31);5-13,28,31H,14-15H2,1-4H3,(H,29,30);4-13,28H,14-15H2,1-3H3,(H,27,29);4-7,10-12,14H,8-9,13H2,1-3H3,(H,24,25)/b21-9-;21-10-;21-11-;19-12-. The number of H-pyrrole nitrogens is 1. The summed E-state index contributed by atoms with van der Waals surface area (Å²) in [6, 6.07) is 48.2. The van der Waals surface area contributed by atoms with Crippen molar-refractivity contribution in [3.05, 3.63) is 312 Å². The Morgan fingerprint density at radius 2 is 0.817 bits per heavy atom. The summed E-state index contributed by atoms with van der Waals surface area (Å²) in [4.78, 5) is 53.6. The first kappa shape index (κ1) is 90.7. The predicted molar refractivity (Wildman–Crippen MR) is 485 cm³/mol. The number of carbonyl (C=O) groups is 4. The maximum Gasteiger partial charge on any atom is 0.224 e. The Hall–Kier alpha value is -14.5. The largest absolute Gasteiger partial charge is 0.504 e. The lowest BCUT2D eigenvalue weighted by Gasteiger charge is -2.13. The number of fused-ring (bicyclic) bond motifs is 4. The molecule has 4 aromatic heterocycles. The number of halogens is 2. The highest BCUT2D eigenvalue weighted by atomic mass is 19.1. The van der Waals surface area contributed by atoms with Gasteiger partial charge in [-0.1, -0.05) is 44.2 Å². The molecule has 0 fully saturated rings. The number of aliphatic hydroxyl groups is 1. The highest BCUT2D eigenvalue weighted by molar-refractivity contribution is 6.12. The van der Waals surface area contributed by atoms with Crippen LogP contribution in [0.15, 0.2) is 224 Å². The van der Waals surface area contributed by atoms with Crippen LogP contribution in [-0.4, -0.2) is 100 Å². The third kappa shape index (κ3) is 21.7. The molecule has 4 heterocycles. The molecule has 0 radical (unpaired) electrons. The van der Waals surface area contributed by atoms with Crippen LogP contribution < -0.4 is 54.4 Å². The van der Waals surface area contributed by atoms with E-state index in [0.29, 0.717) is 76.9 Å². The average molecular weight is 1710 g/mol. The predicted octanol–water partition coefficient (Wildman–Crippen LogP) is 20.1. The van der Waals surface area contributed by atoms with E-state index in [0.717, 1.165) is 152 Å². The number of phenols is 2. The van der Waals surface area contributed by atoms with Crippen molar-refractivity contribution in [2.45, 2.75) is 99.9 Å². The van der Waals surface area contributed by atoms with Crippen molar-refractivity contribution in [3.63, 3.8) is 0 Å². The van der Waals surface area contributed by atoms with Crippen LogP contribution in [0.3, 0.4) is 0 Å². The van der Waals surface area contributed by atoms with E-state index >= 15 is 0 Å². The fraction of sp³-hybridized carbons (Fsp3) is 0.235. The molecule has 0 bridgehead atoms. The number of ether oxygens (including phenoxy) is 7. The molecular formula is C102H103F2N5O17. The Kier molecular flexibility index (Phi) is 30.3. The van der Waals surface area contributed by atoms with Crippen molar-refractivity contribution in [1.29, 1.82) is 0 Å². The summed E-state index contributed by atoms with van der Waals surface area (Å²) in [6.07, 6.45) is 16.3. The molecule has 652 valence electrons. The number of aliphatic hydroxyl groups excluding tert-OH is 1. The van der Waals surface area contributed by atoms with Gasteiger partial charge in [-0.15, -0.1) is 0 Å².